The number of imidazole rings is 1. The summed E-state index contributed by atoms with van der Waals surface area (Å²) in [6, 6.07) is 13.8. The van der Waals surface area contributed by atoms with Crippen molar-refractivity contribution in [2.45, 2.75) is 39.9 Å². The molecular weight excluding hydrogens is 380 g/mol. The first kappa shape index (κ1) is 19.7. The van der Waals surface area contributed by atoms with E-state index in [2.05, 4.69) is 41.2 Å². The second-order valence-corrected chi connectivity index (χ2v) is 7.59. The lowest BCUT2D eigenvalue weighted by atomic mass is 10.2. The van der Waals surface area contributed by atoms with Crippen molar-refractivity contribution >= 4 is 29.2 Å². The Balaban J connectivity index is 1.89. The summed E-state index contributed by atoms with van der Waals surface area (Å²) < 4.78 is 5.41. The van der Waals surface area contributed by atoms with E-state index in [1.807, 2.05) is 31.2 Å². The monoisotopic (exact) mass is 404 g/mol. The van der Waals surface area contributed by atoms with Gasteiger partial charge in [0, 0.05) is 17.9 Å². The molecule has 0 bridgehead atoms. The van der Waals surface area contributed by atoms with Gasteiger partial charge in [-0.05, 0) is 62.0 Å². The molecular formula is C23H24N4O3. The van der Waals surface area contributed by atoms with Gasteiger partial charge in [0.1, 0.15) is 0 Å². The zero-order valence-corrected chi connectivity index (χ0v) is 17.1. The average Bonchev–Trinajstić information content (AvgIpc) is 3.16. The number of aromatic nitrogens is 3. The maximum Gasteiger partial charge on any atom is 0.329 e. The number of carbonyl (C=O) groups is 1. The molecule has 0 aliphatic carbocycles. The van der Waals surface area contributed by atoms with Crippen LogP contribution in [0.25, 0.3) is 16.6 Å². The number of nitrogens with zero attached hydrogens (tertiary/aromatic N) is 4. The van der Waals surface area contributed by atoms with Gasteiger partial charge in [0.25, 0.3) is 0 Å². The molecule has 4 rings (SSSR count). The lowest BCUT2D eigenvalue weighted by Crippen LogP contribution is -2.26. The average molecular weight is 404 g/mol. The number of aliphatic imine (C=N–C) groups is 1. The third-order valence-electron chi connectivity index (χ3n) is 5.43. The number of carboxylic acids is 1. The molecule has 0 unspecified atom stereocenters. The summed E-state index contributed by atoms with van der Waals surface area (Å²) in [6.07, 6.45) is -0.102. The summed E-state index contributed by atoms with van der Waals surface area (Å²) in [6.45, 7) is 8.76. The fourth-order valence-electron chi connectivity index (χ4n) is 4.24. The van der Waals surface area contributed by atoms with Crippen LogP contribution in [0.15, 0.2) is 52.3 Å². The first-order valence-electron chi connectivity index (χ1n) is 9.83. The van der Waals surface area contributed by atoms with Gasteiger partial charge in [0.05, 0.1) is 36.1 Å². The topological polar surface area (TPSA) is 81.0 Å². The minimum Gasteiger partial charge on any atom is -0.481 e. The molecule has 1 aromatic carbocycles. The number of hydrogen-bond donors (Lipinski definition) is 1. The van der Waals surface area contributed by atoms with E-state index in [0.717, 1.165) is 39.1 Å². The molecule has 0 saturated heterocycles. The van der Waals surface area contributed by atoms with Gasteiger partial charge in [-0.2, -0.15) is 0 Å². The van der Waals surface area contributed by atoms with E-state index in [1.165, 1.54) is 0 Å². The van der Waals surface area contributed by atoms with Gasteiger partial charge < -0.3 is 9.51 Å². The molecule has 0 aliphatic rings. The molecule has 7 heteroatoms. The van der Waals surface area contributed by atoms with E-state index < -0.39 is 5.97 Å². The zero-order chi connectivity index (χ0) is 21.4. The Morgan fingerprint density at radius 3 is 2.43 bits per heavy atom. The minimum atomic E-state index is -0.927. The van der Waals surface area contributed by atoms with E-state index in [9.17, 15) is 9.59 Å². The highest BCUT2D eigenvalue weighted by atomic mass is 16.4. The Kier molecular flexibility index (Phi) is 5.03. The van der Waals surface area contributed by atoms with Crippen LogP contribution in [0.2, 0.25) is 0 Å². The van der Waals surface area contributed by atoms with Crippen molar-refractivity contribution in [2.24, 2.45) is 4.99 Å². The van der Waals surface area contributed by atoms with Gasteiger partial charge >= 0.3 is 11.7 Å². The van der Waals surface area contributed by atoms with Crippen molar-refractivity contribution in [3.63, 3.8) is 0 Å². The van der Waals surface area contributed by atoms with Crippen LogP contribution >= 0.6 is 0 Å². The van der Waals surface area contributed by atoms with Crippen molar-refractivity contribution in [3.05, 3.63) is 75.5 Å². The van der Waals surface area contributed by atoms with Crippen molar-refractivity contribution in [3.8, 4) is 0 Å². The molecule has 0 aliphatic heterocycles. The number of aryl methyl sites for hydroxylation is 3. The SMILES string of the molecule is C=NCc1cc(Cn2c(=O)n(CCC(=O)O)c3ccccc32)n2c(C)cc(C)cc12. The molecule has 3 heterocycles. The molecule has 0 saturated carbocycles. The normalized spacial score (nSPS) is 11.4. The lowest BCUT2D eigenvalue weighted by Gasteiger charge is -2.09. The highest BCUT2D eigenvalue weighted by molar-refractivity contribution is 5.76. The lowest BCUT2D eigenvalue weighted by molar-refractivity contribution is -0.137. The number of benzene rings is 1. The van der Waals surface area contributed by atoms with Crippen LogP contribution < -0.4 is 5.69 Å². The summed E-state index contributed by atoms with van der Waals surface area (Å²) in [4.78, 5) is 28.3. The predicted molar refractivity (Wildman–Crippen MR) is 118 cm³/mol. The van der Waals surface area contributed by atoms with Crippen LogP contribution in [0.1, 0.15) is 28.9 Å². The molecule has 0 radical (unpaired) electrons. The van der Waals surface area contributed by atoms with Crippen molar-refractivity contribution in [1.82, 2.24) is 13.5 Å². The zero-order valence-electron chi connectivity index (χ0n) is 17.1. The van der Waals surface area contributed by atoms with Crippen molar-refractivity contribution < 1.29 is 9.90 Å². The van der Waals surface area contributed by atoms with Crippen molar-refractivity contribution in [1.29, 1.82) is 0 Å². The second kappa shape index (κ2) is 7.67. The maximum absolute atomic E-state index is 13.2. The molecule has 7 nitrogen and oxygen atoms in total. The summed E-state index contributed by atoms with van der Waals surface area (Å²) in [5.74, 6) is -0.927. The fraction of sp³-hybridized carbons (Fsp3) is 0.261. The standard InChI is InChI=1S/C23H24N4O3/c1-15-10-16(2)27-18(12-17(13-24-3)21(27)11-15)14-26-20-7-5-4-6-19(20)25(23(26)30)9-8-22(28)29/h4-7,10-12H,3,8-9,13-14H2,1-2H3,(H,28,29). The summed E-state index contributed by atoms with van der Waals surface area (Å²) >= 11 is 0. The number of rotatable bonds is 7. The summed E-state index contributed by atoms with van der Waals surface area (Å²) in [5.41, 5.74) is 6.67. The fourth-order valence-corrected chi connectivity index (χ4v) is 4.24. The van der Waals surface area contributed by atoms with Crippen LogP contribution in [-0.4, -0.2) is 31.3 Å². The minimum absolute atomic E-state index is 0.102. The number of fused-ring (bicyclic) bond motifs is 2. The molecule has 30 heavy (non-hydrogen) atoms. The van der Waals surface area contributed by atoms with Crippen molar-refractivity contribution in [2.75, 3.05) is 0 Å². The molecule has 0 fully saturated rings. The van der Waals surface area contributed by atoms with Gasteiger partial charge in [-0.1, -0.05) is 12.1 Å². The van der Waals surface area contributed by atoms with Gasteiger partial charge in [-0.25, -0.2) is 4.79 Å². The Bertz CT molecular complexity index is 1340. The highest BCUT2D eigenvalue weighted by Crippen LogP contribution is 2.24. The predicted octanol–water partition coefficient (Wildman–Crippen LogP) is 3.40. The van der Waals surface area contributed by atoms with Gasteiger partial charge in [-0.3, -0.25) is 18.9 Å². The highest BCUT2D eigenvalue weighted by Gasteiger charge is 2.17. The third kappa shape index (κ3) is 3.32. The first-order valence-corrected chi connectivity index (χ1v) is 9.83. The van der Waals surface area contributed by atoms with Gasteiger partial charge in [-0.15, -0.1) is 0 Å². The van der Waals surface area contributed by atoms with Crippen LogP contribution in [0.3, 0.4) is 0 Å². The maximum atomic E-state index is 13.2. The molecule has 0 atom stereocenters. The van der Waals surface area contributed by atoms with Gasteiger partial charge in [0.2, 0.25) is 0 Å². The van der Waals surface area contributed by atoms with E-state index in [-0.39, 0.29) is 18.7 Å². The number of hydrogen-bond acceptors (Lipinski definition) is 3. The number of pyridine rings is 1. The van der Waals surface area contributed by atoms with E-state index in [4.69, 9.17) is 5.11 Å². The molecule has 0 spiro atoms. The molecule has 4 aromatic rings. The van der Waals surface area contributed by atoms with E-state index >= 15 is 0 Å². The number of carboxylic acid groups (broad SMARTS) is 1. The van der Waals surface area contributed by atoms with E-state index in [0.29, 0.717) is 13.1 Å². The van der Waals surface area contributed by atoms with Gasteiger partial charge in [0.15, 0.2) is 0 Å². The third-order valence-corrected chi connectivity index (χ3v) is 5.43. The van der Waals surface area contributed by atoms with Crippen LogP contribution in [0, 0.1) is 13.8 Å². The summed E-state index contributed by atoms with van der Waals surface area (Å²) in [5, 5.41) is 9.06. The second-order valence-electron chi connectivity index (χ2n) is 7.59. The Labute approximate surface area is 173 Å². The Morgan fingerprint density at radius 2 is 1.77 bits per heavy atom. The molecule has 1 N–H and O–H groups in total. The first-order chi connectivity index (χ1) is 14.4. The van der Waals surface area contributed by atoms with E-state index in [1.54, 1.807) is 9.13 Å². The Hall–Kier alpha value is -3.61. The summed E-state index contributed by atoms with van der Waals surface area (Å²) in [7, 11) is 0. The molecule has 154 valence electrons. The van der Waals surface area contributed by atoms with Crippen LogP contribution in [0.4, 0.5) is 0 Å². The smallest absolute Gasteiger partial charge is 0.329 e. The quantitative estimate of drug-likeness (QED) is 0.480. The number of aliphatic carboxylic acids is 1. The van der Waals surface area contributed by atoms with Crippen LogP contribution in [-0.2, 0) is 24.4 Å². The molecule has 3 aromatic heterocycles. The van der Waals surface area contributed by atoms with Crippen LogP contribution in [0.5, 0.6) is 0 Å². The largest absolute Gasteiger partial charge is 0.481 e. The Morgan fingerprint density at radius 1 is 1.07 bits per heavy atom. The molecule has 0 amide bonds. The number of para-hydroxylation sites is 2.